The predicted molar refractivity (Wildman–Crippen MR) is 101 cm³/mol. The SMILES string of the molecule is CCCC=O.CCCOc1cc(=NC(=O)S)cnn1C1C=CCC=C1. The van der Waals surface area contributed by atoms with Crippen LogP contribution >= 0.6 is 12.6 Å². The van der Waals surface area contributed by atoms with Crippen LogP contribution in [0.15, 0.2) is 41.6 Å². The summed E-state index contributed by atoms with van der Waals surface area (Å²) in [5.74, 6) is 0.587. The maximum absolute atomic E-state index is 10.9. The largest absolute Gasteiger partial charge is 0.478 e. The Bertz CT molecular complexity index is 668. The lowest BCUT2D eigenvalue weighted by atomic mass is 10.1. The van der Waals surface area contributed by atoms with Gasteiger partial charge >= 0.3 is 5.24 Å². The number of amides is 1. The van der Waals surface area contributed by atoms with Gasteiger partial charge in [-0.2, -0.15) is 5.10 Å². The van der Waals surface area contributed by atoms with Crippen LogP contribution in [0.2, 0.25) is 0 Å². The average Bonchev–Trinajstić information content (AvgIpc) is 2.61. The number of nitrogens with zero attached hydrogens (tertiary/aromatic N) is 3. The zero-order valence-corrected chi connectivity index (χ0v) is 15.6. The molecule has 0 radical (unpaired) electrons. The highest BCUT2D eigenvalue weighted by molar-refractivity contribution is 7.96. The second-order valence-corrected chi connectivity index (χ2v) is 5.66. The van der Waals surface area contributed by atoms with Crippen LogP contribution in [-0.4, -0.2) is 27.9 Å². The molecule has 1 aliphatic rings. The number of carbonyl (C=O) groups is 2. The molecule has 0 saturated heterocycles. The molecule has 0 saturated carbocycles. The summed E-state index contributed by atoms with van der Waals surface area (Å²) in [6.45, 7) is 4.60. The van der Waals surface area contributed by atoms with E-state index in [1.54, 1.807) is 10.7 Å². The highest BCUT2D eigenvalue weighted by atomic mass is 32.1. The van der Waals surface area contributed by atoms with Crippen LogP contribution in [0.1, 0.15) is 45.6 Å². The quantitative estimate of drug-likeness (QED) is 0.475. The number of hydrogen-bond donors (Lipinski definition) is 1. The molecule has 136 valence electrons. The first-order chi connectivity index (χ1) is 12.1. The number of thiol groups is 1. The molecule has 0 unspecified atom stereocenters. The third-order valence-electron chi connectivity index (χ3n) is 3.12. The van der Waals surface area contributed by atoms with Crippen LogP contribution in [0.4, 0.5) is 4.79 Å². The maximum atomic E-state index is 10.9. The Morgan fingerprint density at radius 3 is 2.64 bits per heavy atom. The van der Waals surface area contributed by atoms with Crippen molar-refractivity contribution in [1.29, 1.82) is 0 Å². The third-order valence-corrected chi connectivity index (χ3v) is 3.22. The molecule has 0 aliphatic heterocycles. The summed E-state index contributed by atoms with van der Waals surface area (Å²) in [7, 11) is 0. The summed E-state index contributed by atoms with van der Waals surface area (Å²) >= 11 is 3.64. The predicted octanol–water partition coefficient (Wildman–Crippen LogP) is 3.67. The molecule has 0 fully saturated rings. The highest BCUT2D eigenvalue weighted by Crippen LogP contribution is 2.20. The summed E-state index contributed by atoms with van der Waals surface area (Å²) in [6, 6.07) is 1.73. The molecule has 7 heteroatoms. The second-order valence-electron chi connectivity index (χ2n) is 5.28. The number of unbranched alkanes of at least 4 members (excludes halogenated alkanes) is 1. The number of ether oxygens (including phenoxy) is 1. The minimum atomic E-state index is -0.552. The van der Waals surface area contributed by atoms with E-state index in [9.17, 15) is 9.59 Å². The molecule has 1 aliphatic carbocycles. The minimum absolute atomic E-state index is 0.0244. The van der Waals surface area contributed by atoms with Gasteiger partial charge in [0.05, 0.1) is 24.2 Å². The van der Waals surface area contributed by atoms with E-state index in [0.717, 1.165) is 25.5 Å². The van der Waals surface area contributed by atoms with E-state index in [1.807, 2.05) is 13.8 Å². The summed E-state index contributed by atoms with van der Waals surface area (Å²) < 4.78 is 7.47. The number of aromatic nitrogens is 2. The van der Waals surface area contributed by atoms with Crippen molar-refractivity contribution >= 4 is 24.2 Å². The molecule has 2 rings (SSSR count). The molecule has 0 atom stereocenters. The van der Waals surface area contributed by atoms with Gasteiger partial charge in [0, 0.05) is 12.5 Å². The fourth-order valence-electron chi connectivity index (χ4n) is 1.98. The molecule has 1 aromatic rings. The Balaban J connectivity index is 0.000000550. The lowest BCUT2D eigenvalue weighted by molar-refractivity contribution is -0.107. The van der Waals surface area contributed by atoms with E-state index >= 15 is 0 Å². The molecule has 0 spiro atoms. The van der Waals surface area contributed by atoms with Gasteiger partial charge in [0.2, 0.25) is 5.88 Å². The fourth-order valence-corrected chi connectivity index (χ4v) is 2.09. The summed E-state index contributed by atoms with van der Waals surface area (Å²) in [5, 5.41) is 4.21. The van der Waals surface area contributed by atoms with E-state index in [4.69, 9.17) is 4.74 Å². The Hall–Kier alpha value is -2.15. The van der Waals surface area contributed by atoms with E-state index in [0.29, 0.717) is 24.3 Å². The summed E-state index contributed by atoms with van der Waals surface area (Å²) in [5.41, 5.74) is 0. The third kappa shape index (κ3) is 7.98. The van der Waals surface area contributed by atoms with Crippen LogP contribution in [-0.2, 0) is 4.79 Å². The van der Waals surface area contributed by atoms with E-state index in [2.05, 4.69) is 47.0 Å². The van der Waals surface area contributed by atoms with Crippen LogP contribution in [0.25, 0.3) is 0 Å². The zero-order chi connectivity index (χ0) is 18.5. The van der Waals surface area contributed by atoms with Gasteiger partial charge in [-0.15, -0.1) is 0 Å². The van der Waals surface area contributed by atoms with E-state index < -0.39 is 5.24 Å². The number of rotatable bonds is 6. The van der Waals surface area contributed by atoms with Crippen LogP contribution in [0, 0.1) is 0 Å². The van der Waals surface area contributed by atoms with Crippen molar-refractivity contribution in [2.75, 3.05) is 6.61 Å². The fraction of sp³-hybridized carbons (Fsp3) is 0.444. The summed E-state index contributed by atoms with van der Waals surface area (Å²) in [6.07, 6.45) is 14.3. The smallest absolute Gasteiger partial charge is 0.302 e. The Morgan fingerprint density at radius 2 is 2.12 bits per heavy atom. The topological polar surface area (TPSA) is 73.6 Å². The van der Waals surface area contributed by atoms with Crippen molar-refractivity contribution in [2.45, 2.75) is 45.6 Å². The molecule has 0 aromatic carbocycles. The number of carbonyl (C=O) groups excluding carboxylic acids is 2. The number of hydrogen-bond acceptors (Lipinski definition) is 4. The van der Waals surface area contributed by atoms with Gasteiger partial charge in [-0.1, -0.05) is 50.8 Å². The Morgan fingerprint density at radius 1 is 1.40 bits per heavy atom. The summed E-state index contributed by atoms with van der Waals surface area (Å²) in [4.78, 5) is 24.1. The maximum Gasteiger partial charge on any atom is 0.302 e. The molecular formula is C18H25N3O3S. The lowest BCUT2D eigenvalue weighted by Crippen LogP contribution is -2.18. The van der Waals surface area contributed by atoms with Crippen molar-refractivity contribution < 1.29 is 14.3 Å². The minimum Gasteiger partial charge on any atom is -0.478 e. The average molecular weight is 363 g/mol. The van der Waals surface area contributed by atoms with E-state index in [1.165, 1.54) is 6.20 Å². The van der Waals surface area contributed by atoms with Crippen molar-refractivity contribution in [1.82, 2.24) is 9.78 Å². The number of aldehydes is 1. The van der Waals surface area contributed by atoms with Gasteiger partial charge in [0.25, 0.3) is 0 Å². The highest BCUT2D eigenvalue weighted by Gasteiger charge is 2.11. The lowest BCUT2D eigenvalue weighted by Gasteiger charge is -2.18. The van der Waals surface area contributed by atoms with Gasteiger partial charge in [0.15, 0.2) is 0 Å². The van der Waals surface area contributed by atoms with E-state index in [-0.39, 0.29) is 6.04 Å². The Labute approximate surface area is 153 Å². The number of allylic oxidation sites excluding steroid dienone is 4. The first kappa shape index (κ1) is 20.9. The monoisotopic (exact) mass is 363 g/mol. The molecule has 1 heterocycles. The van der Waals surface area contributed by atoms with Crippen molar-refractivity contribution in [3.8, 4) is 5.88 Å². The van der Waals surface area contributed by atoms with Gasteiger partial charge < -0.3 is 9.53 Å². The first-order valence-electron chi connectivity index (χ1n) is 8.38. The van der Waals surface area contributed by atoms with Crippen molar-refractivity contribution in [3.05, 3.63) is 41.9 Å². The van der Waals surface area contributed by atoms with Crippen LogP contribution < -0.4 is 10.1 Å². The first-order valence-corrected chi connectivity index (χ1v) is 8.83. The standard InChI is InChI=1S/C14H17N3O2S.C4H8O/c1-2-8-19-13-9-11(16-14(18)20)10-15-17(13)12-6-4-3-5-7-12;1-2-3-4-5/h4-7,9-10,12H,2-3,8H2,1H3,(H,18,20);4H,2-3H2,1H3. The zero-order valence-electron chi connectivity index (χ0n) is 14.7. The van der Waals surface area contributed by atoms with Gasteiger partial charge in [-0.25, -0.2) is 9.67 Å². The second kappa shape index (κ2) is 12.2. The van der Waals surface area contributed by atoms with Crippen LogP contribution in [0.3, 0.4) is 0 Å². The molecule has 25 heavy (non-hydrogen) atoms. The van der Waals surface area contributed by atoms with Gasteiger partial charge in [-0.3, -0.25) is 4.79 Å². The molecule has 1 aromatic heterocycles. The molecule has 1 amide bonds. The van der Waals surface area contributed by atoms with Crippen LogP contribution in [0.5, 0.6) is 5.88 Å². The molecule has 6 nitrogen and oxygen atoms in total. The van der Waals surface area contributed by atoms with Crippen molar-refractivity contribution in [3.63, 3.8) is 0 Å². The van der Waals surface area contributed by atoms with Gasteiger partial charge in [0.1, 0.15) is 6.29 Å². The van der Waals surface area contributed by atoms with Crippen molar-refractivity contribution in [2.24, 2.45) is 4.99 Å². The normalized spacial score (nSPS) is 14.0. The molecular weight excluding hydrogens is 338 g/mol. The molecule has 0 bridgehead atoms. The molecule has 0 N–H and O–H groups in total. The van der Waals surface area contributed by atoms with Gasteiger partial charge in [-0.05, 0) is 19.3 Å². The Kier molecular flexibility index (Phi) is 10.2.